The van der Waals surface area contributed by atoms with Crippen molar-refractivity contribution in [2.45, 2.75) is 64.8 Å². The molecule has 8 aromatic rings. The SMILES string of the molecule is C[Si](C)(C)CCOCn1cc(C(=O)O)c2nc(-n3cnc4cc(Cl)ccc43)cnc21.C[Si](C)(C)CCOCn1cc(C=O)c2nc(-n3cnc4cc(Cl)ccc43)cnc21. The number of imidazole rings is 2. The number of hydrogen-bond donors (Lipinski definition) is 1. The van der Waals surface area contributed by atoms with E-state index in [9.17, 15) is 14.7 Å². The highest BCUT2D eigenvalue weighted by molar-refractivity contribution is 6.76. The van der Waals surface area contributed by atoms with Crippen molar-refractivity contribution in [3.63, 3.8) is 0 Å². The van der Waals surface area contributed by atoms with Crippen molar-refractivity contribution in [3.05, 3.63) is 95.0 Å². The summed E-state index contributed by atoms with van der Waals surface area (Å²) in [4.78, 5) is 50.4. The molecule has 8 rings (SSSR count). The highest BCUT2D eigenvalue weighted by Gasteiger charge is 2.20. The molecule has 0 fully saturated rings. The summed E-state index contributed by atoms with van der Waals surface area (Å²) in [6.07, 6.45) is 10.6. The fourth-order valence-corrected chi connectivity index (χ4v) is 8.05. The third-order valence-electron chi connectivity index (χ3n) is 9.46. The third-order valence-corrected chi connectivity index (χ3v) is 13.3. The van der Waals surface area contributed by atoms with Crippen molar-refractivity contribution in [3.8, 4) is 11.6 Å². The first-order chi connectivity index (χ1) is 28.1. The first kappa shape index (κ1) is 41.8. The maximum absolute atomic E-state index is 11.8. The predicted molar refractivity (Wildman–Crippen MR) is 235 cm³/mol. The fourth-order valence-electron chi connectivity index (χ4n) is 6.20. The Hall–Kier alpha value is -5.31. The molecule has 0 atom stereocenters. The molecule has 0 spiro atoms. The summed E-state index contributed by atoms with van der Waals surface area (Å²) < 4.78 is 18.7. The quantitative estimate of drug-likeness (QED) is 0.0629. The van der Waals surface area contributed by atoms with Crippen LogP contribution in [0.25, 0.3) is 56.0 Å². The van der Waals surface area contributed by atoms with Gasteiger partial charge in [-0.2, -0.15) is 0 Å². The Morgan fingerprint density at radius 1 is 0.712 bits per heavy atom. The molecule has 0 aliphatic rings. The van der Waals surface area contributed by atoms with Crippen molar-refractivity contribution in [2.75, 3.05) is 13.2 Å². The molecule has 15 nitrogen and oxygen atoms in total. The van der Waals surface area contributed by atoms with Crippen LogP contribution < -0.4 is 0 Å². The van der Waals surface area contributed by atoms with Crippen LogP contribution in [0.15, 0.2) is 73.8 Å². The van der Waals surface area contributed by atoms with E-state index in [1.54, 1.807) is 64.6 Å². The minimum Gasteiger partial charge on any atom is -0.478 e. The van der Waals surface area contributed by atoms with E-state index >= 15 is 0 Å². The lowest BCUT2D eigenvalue weighted by molar-refractivity contribution is 0.0695. The number of carbonyl (C=O) groups is 2. The van der Waals surface area contributed by atoms with Gasteiger partial charge < -0.3 is 23.7 Å². The van der Waals surface area contributed by atoms with Crippen LogP contribution in [0.3, 0.4) is 0 Å². The molecule has 0 radical (unpaired) electrons. The second kappa shape index (κ2) is 17.1. The standard InChI is InChI=1S/C20H22ClN5O3Si.C20H22ClN5O2Si/c1-30(2,3)7-6-29-12-25-10-14(20(27)28)18-19(25)22-9-17(24-18)26-11-23-15-8-13(21)4-5-16(15)26;1-29(2,3)7-6-28-13-25-10-14(11-27)19-20(25)22-9-18(24-19)26-12-23-16-8-15(21)4-5-17(16)26/h4-5,8-11H,6-7,12H2,1-3H3,(H,27,28);4-5,8-12H,6-7,13H2,1-3H3. The molecule has 0 saturated carbocycles. The number of rotatable bonds is 14. The lowest BCUT2D eigenvalue weighted by atomic mass is 10.3. The second-order valence-electron chi connectivity index (χ2n) is 16.5. The summed E-state index contributed by atoms with van der Waals surface area (Å²) in [6.45, 7) is 15.7. The number of aldehydes is 1. The largest absolute Gasteiger partial charge is 0.478 e. The lowest BCUT2D eigenvalue weighted by Crippen LogP contribution is -2.22. The number of hydrogen-bond acceptors (Lipinski definition) is 10. The van der Waals surface area contributed by atoms with Crippen LogP contribution >= 0.6 is 23.2 Å². The summed E-state index contributed by atoms with van der Waals surface area (Å²) in [5.74, 6) is 0.00427. The smallest absolute Gasteiger partial charge is 0.339 e. The van der Waals surface area contributed by atoms with Crippen molar-refractivity contribution in [1.29, 1.82) is 0 Å². The number of nitrogens with zero attached hydrogens (tertiary/aromatic N) is 10. The number of aromatic carboxylic acids is 1. The lowest BCUT2D eigenvalue weighted by Gasteiger charge is -2.15. The Morgan fingerprint density at radius 3 is 1.66 bits per heavy atom. The van der Waals surface area contributed by atoms with Gasteiger partial charge in [-0.3, -0.25) is 13.9 Å². The molecule has 19 heteroatoms. The summed E-state index contributed by atoms with van der Waals surface area (Å²) in [7, 11) is -2.35. The molecule has 0 aliphatic carbocycles. The molecule has 0 saturated heterocycles. The van der Waals surface area contributed by atoms with Gasteiger partial charge in [0.1, 0.15) is 42.7 Å². The Kier molecular flexibility index (Phi) is 12.1. The van der Waals surface area contributed by atoms with Gasteiger partial charge in [0.25, 0.3) is 0 Å². The van der Waals surface area contributed by atoms with Crippen LogP contribution in [0.1, 0.15) is 20.7 Å². The van der Waals surface area contributed by atoms with Crippen LogP contribution in [0, 0.1) is 0 Å². The van der Waals surface area contributed by atoms with E-state index in [-0.39, 0.29) is 12.3 Å². The van der Waals surface area contributed by atoms with Gasteiger partial charge in [-0.05, 0) is 48.5 Å². The molecule has 6 aromatic heterocycles. The summed E-state index contributed by atoms with van der Waals surface area (Å²) in [6, 6.07) is 13.0. The normalized spacial score (nSPS) is 12.1. The molecule has 6 heterocycles. The van der Waals surface area contributed by atoms with Gasteiger partial charge in [-0.25, -0.2) is 34.7 Å². The highest BCUT2D eigenvalue weighted by Crippen LogP contribution is 2.26. The Balaban J connectivity index is 0.000000179. The summed E-state index contributed by atoms with van der Waals surface area (Å²) >= 11 is 12.1. The number of carboxylic acid groups (broad SMARTS) is 1. The van der Waals surface area contributed by atoms with Gasteiger partial charge in [0.15, 0.2) is 29.2 Å². The zero-order valence-electron chi connectivity index (χ0n) is 33.6. The fraction of sp³-hybridized carbons (Fsp3) is 0.300. The van der Waals surface area contributed by atoms with E-state index in [4.69, 9.17) is 32.7 Å². The van der Waals surface area contributed by atoms with E-state index < -0.39 is 22.1 Å². The molecule has 0 amide bonds. The molecule has 1 N–H and O–H groups in total. The minimum absolute atomic E-state index is 0.0839. The summed E-state index contributed by atoms with van der Waals surface area (Å²) in [5, 5.41) is 10.9. The topological polar surface area (TPSA) is 170 Å². The van der Waals surface area contributed by atoms with Crippen molar-refractivity contribution >= 4 is 96.0 Å². The number of carbonyl (C=O) groups excluding carboxylic acids is 1. The second-order valence-corrected chi connectivity index (χ2v) is 28.6. The third kappa shape index (κ3) is 9.61. The molecule has 0 aliphatic heterocycles. The summed E-state index contributed by atoms with van der Waals surface area (Å²) in [5.41, 5.74) is 5.67. The van der Waals surface area contributed by atoms with Gasteiger partial charge in [0.2, 0.25) is 0 Å². The minimum atomic E-state index is -1.20. The molecule has 59 heavy (non-hydrogen) atoms. The van der Waals surface area contributed by atoms with Gasteiger partial charge >= 0.3 is 5.97 Å². The molecule has 306 valence electrons. The van der Waals surface area contributed by atoms with E-state index in [1.165, 1.54) is 6.20 Å². The average molecular weight is 872 g/mol. The van der Waals surface area contributed by atoms with Gasteiger partial charge in [-0.1, -0.05) is 62.5 Å². The van der Waals surface area contributed by atoms with E-state index in [2.05, 4.69) is 69.2 Å². The Morgan fingerprint density at radius 2 is 1.19 bits per heavy atom. The number of carboxylic acids is 1. The predicted octanol–water partition coefficient (Wildman–Crippen LogP) is 8.98. The van der Waals surface area contributed by atoms with Crippen molar-refractivity contribution in [1.82, 2.24) is 48.2 Å². The number of halogens is 2. The van der Waals surface area contributed by atoms with Crippen LogP contribution in [0.4, 0.5) is 0 Å². The van der Waals surface area contributed by atoms with E-state index in [0.717, 1.165) is 40.4 Å². The molecule has 0 unspecified atom stereocenters. The van der Waals surface area contributed by atoms with Crippen LogP contribution in [-0.2, 0) is 22.9 Å². The zero-order chi connectivity index (χ0) is 42.1. The zero-order valence-corrected chi connectivity index (χ0v) is 37.1. The maximum atomic E-state index is 11.8. The van der Waals surface area contributed by atoms with Crippen LogP contribution in [-0.4, -0.2) is 94.9 Å². The van der Waals surface area contributed by atoms with Crippen molar-refractivity contribution < 1.29 is 24.2 Å². The number of fused-ring (bicyclic) bond motifs is 4. The number of benzene rings is 2. The van der Waals surface area contributed by atoms with E-state index in [0.29, 0.717) is 69.5 Å². The first-order valence-electron chi connectivity index (χ1n) is 18.9. The average Bonchev–Trinajstić information content (AvgIpc) is 3.97. The van der Waals surface area contributed by atoms with Gasteiger partial charge in [0, 0.05) is 51.8 Å². The van der Waals surface area contributed by atoms with Crippen LogP contribution in [0.5, 0.6) is 0 Å². The Labute approximate surface area is 351 Å². The molecular weight excluding hydrogens is 828 g/mol. The maximum Gasteiger partial charge on any atom is 0.339 e. The molecular formula is C40H44Cl2N10O5Si2. The van der Waals surface area contributed by atoms with Crippen LogP contribution in [0.2, 0.25) is 61.4 Å². The van der Waals surface area contributed by atoms with Gasteiger partial charge in [-0.15, -0.1) is 0 Å². The Bertz CT molecular complexity index is 2820. The number of aromatic nitrogens is 10. The number of ether oxygens (including phenoxy) is 2. The van der Waals surface area contributed by atoms with Crippen molar-refractivity contribution in [2.24, 2.45) is 0 Å². The highest BCUT2D eigenvalue weighted by atomic mass is 35.5. The van der Waals surface area contributed by atoms with Gasteiger partial charge in [0.05, 0.1) is 40.0 Å². The van der Waals surface area contributed by atoms with E-state index in [1.807, 2.05) is 21.3 Å². The first-order valence-corrected chi connectivity index (χ1v) is 27.1. The molecule has 2 aromatic carbocycles. The monoisotopic (exact) mass is 870 g/mol. The molecule has 0 bridgehead atoms.